The lowest BCUT2D eigenvalue weighted by atomic mass is 10.0. The van der Waals surface area contributed by atoms with Crippen molar-refractivity contribution >= 4 is 28.7 Å². The van der Waals surface area contributed by atoms with Crippen LogP contribution in [0.25, 0.3) is 22.2 Å². The molecule has 0 aliphatic carbocycles. The van der Waals surface area contributed by atoms with Gasteiger partial charge in [0.15, 0.2) is 0 Å². The normalized spacial score (nSPS) is 16.3. The summed E-state index contributed by atoms with van der Waals surface area (Å²) in [4.78, 5) is 37.9. The first-order valence-corrected chi connectivity index (χ1v) is 10.4. The number of likely N-dealkylation sites (tertiary alicyclic amines) is 1. The molecule has 8 nitrogen and oxygen atoms in total. The van der Waals surface area contributed by atoms with Crippen molar-refractivity contribution in [3.8, 4) is 11.1 Å². The number of aromatic amines is 1. The van der Waals surface area contributed by atoms with E-state index in [0.29, 0.717) is 40.2 Å². The summed E-state index contributed by atoms with van der Waals surface area (Å²) >= 11 is 0. The number of pyridine rings is 1. The van der Waals surface area contributed by atoms with E-state index in [-0.39, 0.29) is 18.6 Å². The van der Waals surface area contributed by atoms with E-state index in [1.54, 1.807) is 37.5 Å². The number of H-pyrrole nitrogens is 1. The van der Waals surface area contributed by atoms with Crippen molar-refractivity contribution in [1.29, 1.82) is 0 Å². The number of aryl methyl sites for hydroxylation is 1. The highest BCUT2D eigenvalue weighted by atomic mass is 19.4. The number of alkyl halides is 3. The van der Waals surface area contributed by atoms with E-state index in [2.05, 4.69) is 25.6 Å². The van der Waals surface area contributed by atoms with Gasteiger partial charge in [-0.3, -0.25) is 4.79 Å². The summed E-state index contributed by atoms with van der Waals surface area (Å²) in [6, 6.07) is 6.36. The Kier molecular flexibility index (Phi) is 5.96. The Balaban J connectivity index is 1.56. The number of urea groups is 1. The molecular formula is C22H23F3N6O2. The molecule has 2 amide bonds. The number of nitrogens with one attached hydrogen (secondary N) is 3. The largest absolute Gasteiger partial charge is 0.389 e. The van der Waals surface area contributed by atoms with Crippen LogP contribution in [0.5, 0.6) is 0 Å². The lowest BCUT2D eigenvalue weighted by Crippen LogP contribution is -2.33. The minimum Gasteiger partial charge on any atom is -0.357 e. The van der Waals surface area contributed by atoms with E-state index >= 15 is 0 Å². The molecule has 1 aliphatic heterocycles. The number of benzene rings is 1. The second-order valence-corrected chi connectivity index (χ2v) is 8.14. The van der Waals surface area contributed by atoms with Gasteiger partial charge in [-0.05, 0) is 48.6 Å². The van der Waals surface area contributed by atoms with Crippen LogP contribution >= 0.6 is 0 Å². The van der Waals surface area contributed by atoms with Crippen LogP contribution in [0.1, 0.15) is 18.4 Å². The third-order valence-electron chi connectivity index (χ3n) is 5.69. The van der Waals surface area contributed by atoms with Crippen LogP contribution in [0, 0.1) is 12.8 Å². The number of carbonyl (C=O) groups excluding carboxylic acids is 1. The topological polar surface area (TPSA) is 103 Å². The van der Waals surface area contributed by atoms with E-state index in [4.69, 9.17) is 0 Å². The molecule has 11 heteroatoms. The molecular weight excluding hydrogens is 437 g/mol. The predicted octanol–water partition coefficient (Wildman–Crippen LogP) is 4.14. The van der Waals surface area contributed by atoms with Crippen LogP contribution in [0.3, 0.4) is 0 Å². The molecule has 3 N–H and O–H groups in total. The summed E-state index contributed by atoms with van der Waals surface area (Å²) in [5, 5.41) is 6.19. The van der Waals surface area contributed by atoms with Crippen LogP contribution in [0.15, 0.2) is 35.3 Å². The van der Waals surface area contributed by atoms with Gasteiger partial charge in [0.05, 0.1) is 0 Å². The van der Waals surface area contributed by atoms with Gasteiger partial charge in [-0.15, -0.1) is 0 Å². The van der Waals surface area contributed by atoms with Crippen LogP contribution in [-0.4, -0.2) is 52.2 Å². The van der Waals surface area contributed by atoms with Gasteiger partial charge in [0, 0.05) is 49.4 Å². The molecule has 1 aliphatic rings. The number of amides is 2. The van der Waals surface area contributed by atoms with Crippen molar-refractivity contribution in [3.63, 3.8) is 0 Å². The highest BCUT2D eigenvalue weighted by Gasteiger charge is 2.36. The molecule has 0 spiro atoms. The molecule has 4 rings (SSSR count). The fourth-order valence-electron chi connectivity index (χ4n) is 4.02. The van der Waals surface area contributed by atoms with Gasteiger partial charge in [-0.25, -0.2) is 9.78 Å². The number of carbonyl (C=O) groups is 1. The summed E-state index contributed by atoms with van der Waals surface area (Å²) in [7, 11) is 1.68. The standard InChI is InChI=1S/C22H23F3N6O2/c1-12-3-4-15(28-21(33)31-6-5-13(11-31)9-22(23,24)25)8-16(12)17-7-14-10-27-20(26-2)30-18(14)29-19(17)32/h3-4,7-8,10,13H,5-6,9,11H2,1-2H3,(H,28,33)(H2,26,27,29,30,32). The fraction of sp³-hybridized carbons (Fsp3) is 0.364. The van der Waals surface area contributed by atoms with Crippen molar-refractivity contribution in [1.82, 2.24) is 19.9 Å². The second kappa shape index (κ2) is 8.72. The van der Waals surface area contributed by atoms with E-state index in [1.807, 2.05) is 6.92 Å². The molecule has 1 atom stereocenters. The minimum atomic E-state index is -4.24. The molecule has 3 aromatic rings. The maximum Gasteiger partial charge on any atom is 0.389 e. The molecule has 1 fully saturated rings. The SMILES string of the molecule is CNc1ncc2cc(-c3cc(NC(=O)N4CCC(CC(F)(F)F)C4)ccc3C)c(=O)[nH]c2n1. The van der Waals surface area contributed by atoms with E-state index in [9.17, 15) is 22.8 Å². The molecule has 0 radical (unpaired) electrons. The smallest absolute Gasteiger partial charge is 0.357 e. The average Bonchev–Trinajstić information content (AvgIpc) is 3.21. The van der Waals surface area contributed by atoms with E-state index in [0.717, 1.165) is 5.56 Å². The third-order valence-corrected chi connectivity index (χ3v) is 5.69. The number of aromatic nitrogens is 3. The Morgan fingerprint density at radius 2 is 2.06 bits per heavy atom. The van der Waals surface area contributed by atoms with E-state index < -0.39 is 24.5 Å². The number of hydrogen-bond donors (Lipinski definition) is 3. The Hall–Kier alpha value is -3.63. The fourth-order valence-corrected chi connectivity index (χ4v) is 4.02. The van der Waals surface area contributed by atoms with Crippen molar-refractivity contribution in [2.75, 3.05) is 30.8 Å². The van der Waals surface area contributed by atoms with Crippen LogP contribution in [0.2, 0.25) is 0 Å². The number of anilines is 2. The summed E-state index contributed by atoms with van der Waals surface area (Å²) < 4.78 is 37.9. The van der Waals surface area contributed by atoms with Gasteiger partial charge in [-0.2, -0.15) is 18.2 Å². The van der Waals surface area contributed by atoms with Gasteiger partial charge in [0.25, 0.3) is 5.56 Å². The Morgan fingerprint density at radius 1 is 1.27 bits per heavy atom. The molecule has 2 aromatic heterocycles. The first-order valence-electron chi connectivity index (χ1n) is 10.4. The summed E-state index contributed by atoms with van der Waals surface area (Å²) in [6.07, 6.45) is -3.22. The van der Waals surface area contributed by atoms with Gasteiger partial charge in [0.1, 0.15) is 5.65 Å². The van der Waals surface area contributed by atoms with Crippen molar-refractivity contribution in [2.24, 2.45) is 5.92 Å². The average molecular weight is 460 g/mol. The molecule has 1 unspecified atom stereocenters. The number of halogens is 3. The number of fused-ring (bicyclic) bond motifs is 1. The molecule has 0 saturated carbocycles. The van der Waals surface area contributed by atoms with Crippen LogP contribution in [0.4, 0.5) is 29.6 Å². The molecule has 3 heterocycles. The van der Waals surface area contributed by atoms with Crippen molar-refractivity contribution in [3.05, 3.63) is 46.4 Å². The highest BCUT2D eigenvalue weighted by molar-refractivity contribution is 5.91. The maximum atomic E-state index is 12.8. The molecule has 0 bridgehead atoms. The van der Waals surface area contributed by atoms with Gasteiger partial charge in [-0.1, -0.05) is 6.07 Å². The Bertz CT molecular complexity index is 1260. The lowest BCUT2D eigenvalue weighted by molar-refractivity contribution is -0.143. The quantitative estimate of drug-likeness (QED) is 0.543. The minimum absolute atomic E-state index is 0.0585. The van der Waals surface area contributed by atoms with E-state index in [1.165, 1.54) is 4.90 Å². The van der Waals surface area contributed by atoms with Crippen LogP contribution < -0.4 is 16.2 Å². The summed E-state index contributed by atoms with van der Waals surface area (Å²) in [5.41, 5.74) is 2.32. The summed E-state index contributed by atoms with van der Waals surface area (Å²) in [5.74, 6) is -0.211. The zero-order valence-corrected chi connectivity index (χ0v) is 18.1. The monoisotopic (exact) mass is 460 g/mol. The first kappa shape index (κ1) is 22.6. The molecule has 174 valence electrons. The second-order valence-electron chi connectivity index (χ2n) is 8.14. The predicted molar refractivity (Wildman–Crippen MR) is 119 cm³/mol. The Morgan fingerprint density at radius 3 is 2.79 bits per heavy atom. The third kappa shape index (κ3) is 5.07. The molecule has 1 aromatic carbocycles. The van der Waals surface area contributed by atoms with Gasteiger partial charge in [0.2, 0.25) is 5.95 Å². The number of hydrogen-bond acceptors (Lipinski definition) is 5. The Labute approximate surface area is 187 Å². The van der Waals surface area contributed by atoms with Gasteiger partial charge < -0.3 is 20.5 Å². The molecule has 33 heavy (non-hydrogen) atoms. The lowest BCUT2D eigenvalue weighted by Gasteiger charge is -2.18. The molecule has 1 saturated heterocycles. The number of nitrogens with zero attached hydrogens (tertiary/aromatic N) is 3. The number of rotatable bonds is 4. The van der Waals surface area contributed by atoms with Gasteiger partial charge >= 0.3 is 12.2 Å². The highest BCUT2D eigenvalue weighted by Crippen LogP contribution is 2.31. The van der Waals surface area contributed by atoms with Crippen molar-refractivity contribution in [2.45, 2.75) is 25.9 Å². The van der Waals surface area contributed by atoms with Crippen LogP contribution in [-0.2, 0) is 0 Å². The first-order chi connectivity index (χ1) is 15.6. The zero-order valence-electron chi connectivity index (χ0n) is 18.1. The summed E-state index contributed by atoms with van der Waals surface area (Å²) in [6.45, 7) is 2.17. The van der Waals surface area contributed by atoms with Crippen molar-refractivity contribution < 1.29 is 18.0 Å². The zero-order chi connectivity index (χ0) is 23.8. The maximum absolute atomic E-state index is 12.8.